The number of esters is 1. The van der Waals surface area contributed by atoms with Crippen LogP contribution in [0.3, 0.4) is 0 Å². The van der Waals surface area contributed by atoms with Gasteiger partial charge in [-0.3, -0.25) is 9.78 Å². The van der Waals surface area contributed by atoms with Crippen LogP contribution in [0.15, 0.2) is 49.8 Å². The van der Waals surface area contributed by atoms with Gasteiger partial charge in [-0.1, -0.05) is 43.5 Å². The molecule has 0 aliphatic carbocycles. The van der Waals surface area contributed by atoms with Crippen LogP contribution in [0.4, 0.5) is 5.69 Å². The molecule has 0 saturated heterocycles. The maximum Gasteiger partial charge on any atom is 0.340 e. The van der Waals surface area contributed by atoms with E-state index in [0.717, 1.165) is 16.7 Å². The van der Waals surface area contributed by atoms with E-state index in [1.165, 1.54) is 18.5 Å². The molecule has 25 heavy (non-hydrogen) atoms. The third-order valence-electron chi connectivity index (χ3n) is 3.55. The molecule has 1 heterocycles. The van der Waals surface area contributed by atoms with Crippen LogP contribution >= 0.6 is 0 Å². The van der Waals surface area contributed by atoms with Crippen molar-refractivity contribution in [2.45, 2.75) is 13.3 Å². The Hall–Kier alpha value is -3.21. The number of rotatable bonds is 7. The standard InChI is InChI=1S/C20H20N2O3/c1-4-15-8-7-14(11-16(15)5-2)12-19(23)22-18-13-21-10-9-17(18)20(24)25-6-3/h4-5,7-11,13H,1-2,6,12H2,3H3,(H,22,23). The van der Waals surface area contributed by atoms with Crippen LogP contribution in [0.2, 0.25) is 0 Å². The van der Waals surface area contributed by atoms with Crippen molar-refractivity contribution in [2.24, 2.45) is 0 Å². The highest BCUT2D eigenvalue weighted by Gasteiger charge is 2.15. The number of ether oxygens (including phenoxy) is 1. The molecular weight excluding hydrogens is 316 g/mol. The number of anilines is 1. The average molecular weight is 336 g/mol. The molecule has 5 heteroatoms. The number of benzene rings is 1. The molecule has 5 nitrogen and oxygen atoms in total. The lowest BCUT2D eigenvalue weighted by Crippen LogP contribution is -2.18. The van der Waals surface area contributed by atoms with Crippen molar-refractivity contribution < 1.29 is 14.3 Å². The molecule has 0 radical (unpaired) electrons. The molecule has 0 spiro atoms. The lowest BCUT2D eigenvalue weighted by Gasteiger charge is -2.10. The minimum Gasteiger partial charge on any atom is -0.462 e. The summed E-state index contributed by atoms with van der Waals surface area (Å²) < 4.78 is 4.99. The van der Waals surface area contributed by atoms with Gasteiger partial charge < -0.3 is 10.1 Å². The van der Waals surface area contributed by atoms with Gasteiger partial charge in [0.25, 0.3) is 0 Å². The van der Waals surface area contributed by atoms with Gasteiger partial charge in [-0.25, -0.2) is 4.79 Å². The van der Waals surface area contributed by atoms with Crippen molar-refractivity contribution in [2.75, 3.05) is 11.9 Å². The summed E-state index contributed by atoms with van der Waals surface area (Å²) in [5, 5.41) is 2.72. The van der Waals surface area contributed by atoms with Gasteiger partial charge in [-0.2, -0.15) is 0 Å². The maximum absolute atomic E-state index is 12.3. The first-order valence-corrected chi connectivity index (χ1v) is 7.87. The van der Waals surface area contributed by atoms with Gasteiger partial charge in [0.2, 0.25) is 5.91 Å². The first-order valence-electron chi connectivity index (χ1n) is 7.87. The van der Waals surface area contributed by atoms with Crippen molar-refractivity contribution in [1.29, 1.82) is 0 Å². The number of carbonyl (C=O) groups is 2. The third-order valence-corrected chi connectivity index (χ3v) is 3.55. The summed E-state index contributed by atoms with van der Waals surface area (Å²) in [6.07, 6.45) is 6.53. The number of nitrogens with zero attached hydrogens (tertiary/aromatic N) is 1. The molecule has 0 unspecified atom stereocenters. The van der Waals surface area contributed by atoms with Crippen LogP contribution in [0.1, 0.15) is 34.0 Å². The highest BCUT2D eigenvalue weighted by Crippen LogP contribution is 2.18. The second-order valence-corrected chi connectivity index (χ2v) is 5.24. The van der Waals surface area contributed by atoms with E-state index in [0.29, 0.717) is 5.69 Å². The van der Waals surface area contributed by atoms with Gasteiger partial charge in [-0.05, 0) is 29.7 Å². The second-order valence-electron chi connectivity index (χ2n) is 5.24. The zero-order valence-electron chi connectivity index (χ0n) is 14.1. The molecule has 128 valence electrons. The lowest BCUT2D eigenvalue weighted by atomic mass is 10.0. The highest BCUT2D eigenvalue weighted by molar-refractivity contribution is 6.01. The minimum absolute atomic E-state index is 0.162. The SMILES string of the molecule is C=Cc1ccc(CC(=O)Nc2cnccc2C(=O)OCC)cc1C=C. The van der Waals surface area contributed by atoms with E-state index >= 15 is 0 Å². The first-order chi connectivity index (χ1) is 12.1. The molecule has 1 N–H and O–H groups in total. The molecule has 0 fully saturated rings. The van der Waals surface area contributed by atoms with Gasteiger partial charge in [0.15, 0.2) is 0 Å². The Kier molecular flexibility index (Phi) is 6.23. The van der Waals surface area contributed by atoms with Gasteiger partial charge in [-0.15, -0.1) is 0 Å². The van der Waals surface area contributed by atoms with Crippen LogP contribution in [0, 0.1) is 0 Å². The summed E-state index contributed by atoms with van der Waals surface area (Å²) in [7, 11) is 0. The van der Waals surface area contributed by atoms with Gasteiger partial charge in [0, 0.05) is 6.20 Å². The molecule has 2 rings (SSSR count). The molecule has 1 aromatic heterocycles. The molecule has 2 aromatic rings. The number of hydrogen-bond acceptors (Lipinski definition) is 4. The Balaban J connectivity index is 2.15. The summed E-state index contributed by atoms with van der Waals surface area (Å²) in [6, 6.07) is 7.15. The fourth-order valence-corrected chi connectivity index (χ4v) is 2.36. The second kappa shape index (κ2) is 8.59. The third kappa shape index (κ3) is 4.64. The summed E-state index contributed by atoms with van der Waals surface area (Å²) in [6.45, 7) is 9.50. The molecule has 0 bridgehead atoms. The highest BCUT2D eigenvalue weighted by atomic mass is 16.5. The topological polar surface area (TPSA) is 68.3 Å². The summed E-state index contributed by atoms with van der Waals surface area (Å²) in [4.78, 5) is 28.2. The summed E-state index contributed by atoms with van der Waals surface area (Å²) >= 11 is 0. The van der Waals surface area contributed by atoms with Crippen LogP contribution in [-0.4, -0.2) is 23.5 Å². The Bertz CT molecular complexity index is 812. The number of nitrogens with one attached hydrogen (secondary N) is 1. The molecule has 1 amide bonds. The van der Waals surface area contributed by atoms with Crippen molar-refractivity contribution in [3.63, 3.8) is 0 Å². The molecule has 0 aliphatic heterocycles. The maximum atomic E-state index is 12.3. The number of pyridine rings is 1. The Morgan fingerprint density at radius 1 is 1.20 bits per heavy atom. The zero-order valence-corrected chi connectivity index (χ0v) is 14.1. The van der Waals surface area contributed by atoms with E-state index in [2.05, 4.69) is 23.5 Å². The van der Waals surface area contributed by atoms with Crippen molar-refractivity contribution in [3.05, 3.63) is 72.1 Å². The number of aromatic nitrogens is 1. The Labute approximate surface area is 147 Å². The average Bonchev–Trinajstić information content (AvgIpc) is 2.62. The van der Waals surface area contributed by atoms with E-state index in [1.807, 2.05) is 18.2 Å². The Morgan fingerprint density at radius 2 is 1.96 bits per heavy atom. The van der Waals surface area contributed by atoms with Crippen LogP contribution in [-0.2, 0) is 16.0 Å². The predicted octanol–water partition coefficient (Wildman–Crippen LogP) is 3.73. The molecule has 0 atom stereocenters. The van der Waals surface area contributed by atoms with E-state index in [1.54, 1.807) is 19.1 Å². The molecular formula is C20H20N2O3. The van der Waals surface area contributed by atoms with Crippen molar-refractivity contribution in [3.8, 4) is 0 Å². The number of amides is 1. The molecule has 0 aliphatic rings. The summed E-state index contributed by atoms with van der Waals surface area (Å²) in [5.41, 5.74) is 3.31. The van der Waals surface area contributed by atoms with E-state index in [9.17, 15) is 9.59 Å². The quantitative estimate of drug-likeness (QED) is 0.782. The van der Waals surface area contributed by atoms with Crippen LogP contribution in [0.5, 0.6) is 0 Å². The lowest BCUT2D eigenvalue weighted by molar-refractivity contribution is -0.115. The molecule has 1 aromatic carbocycles. The molecule has 0 saturated carbocycles. The monoisotopic (exact) mass is 336 g/mol. The van der Waals surface area contributed by atoms with Crippen molar-refractivity contribution in [1.82, 2.24) is 4.98 Å². The smallest absolute Gasteiger partial charge is 0.340 e. The minimum atomic E-state index is -0.496. The largest absolute Gasteiger partial charge is 0.462 e. The van der Waals surface area contributed by atoms with Gasteiger partial charge in [0.05, 0.1) is 30.5 Å². The van der Waals surface area contributed by atoms with E-state index in [-0.39, 0.29) is 24.5 Å². The Morgan fingerprint density at radius 3 is 2.64 bits per heavy atom. The fourth-order valence-electron chi connectivity index (χ4n) is 2.36. The zero-order chi connectivity index (χ0) is 18.2. The van der Waals surface area contributed by atoms with Gasteiger partial charge >= 0.3 is 5.97 Å². The number of hydrogen-bond donors (Lipinski definition) is 1. The summed E-state index contributed by atoms with van der Waals surface area (Å²) in [5.74, 6) is -0.746. The predicted molar refractivity (Wildman–Crippen MR) is 99.2 cm³/mol. The van der Waals surface area contributed by atoms with Gasteiger partial charge in [0.1, 0.15) is 0 Å². The van der Waals surface area contributed by atoms with E-state index < -0.39 is 5.97 Å². The van der Waals surface area contributed by atoms with Crippen molar-refractivity contribution >= 4 is 29.7 Å². The van der Waals surface area contributed by atoms with E-state index in [4.69, 9.17) is 4.74 Å². The van der Waals surface area contributed by atoms with Crippen LogP contribution < -0.4 is 5.32 Å². The number of carbonyl (C=O) groups excluding carboxylic acids is 2. The normalized spacial score (nSPS) is 9.96. The van der Waals surface area contributed by atoms with Crippen LogP contribution in [0.25, 0.3) is 12.2 Å². The fraction of sp³-hybridized carbons (Fsp3) is 0.150. The first kappa shape index (κ1) is 18.1.